The van der Waals surface area contributed by atoms with Gasteiger partial charge >= 0.3 is 21.7 Å². The first-order valence-electron chi connectivity index (χ1n) is 19.6. The molecular weight excluding hydrogens is 762 g/mol. The lowest BCUT2D eigenvalue weighted by Gasteiger charge is -2.30. The minimum Gasteiger partial charge on any atom is -0.453 e. The number of carbonyl (C=O) groups is 2. The molecule has 2 heterocycles. The van der Waals surface area contributed by atoms with Gasteiger partial charge in [-0.25, -0.2) is 9.78 Å². The first kappa shape index (κ1) is 38.9. The number of amides is 2. The molecule has 2 fully saturated rings. The van der Waals surface area contributed by atoms with Gasteiger partial charge in [-0.05, 0) is 132 Å². The SMILES string of the molecule is COC(=O)N[C@@H](C(=O)N1CCC[C@H]1c1nc2ccc(-c3ccc(-c4ccc(OS(=O)(=O)C(F)(F)F)c5c4CCC5)c4c3CC3(CCCC3)C4)cc2c(=O)[nH]1)C(C)C. The van der Waals surface area contributed by atoms with Gasteiger partial charge in [-0.2, -0.15) is 21.6 Å². The lowest BCUT2D eigenvalue weighted by Crippen LogP contribution is -2.51. The fraction of sp³-hybridized carbons (Fsp3) is 0.476. The summed E-state index contributed by atoms with van der Waals surface area (Å²) in [5.74, 6) is -0.352. The van der Waals surface area contributed by atoms with E-state index in [9.17, 15) is 36.0 Å². The Labute approximate surface area is 328 Å². The molecule has 1 saturated carbocycles. The average molecular weight is 807 g/mol. The van der Waals surface area contributed by atoms with Crippen LogP contribution >= 0.6 is 0 Å². The van der Waals surface area contributed by atoms with Crippen LogP contribution in [0.25, 0.3) is 33.2 Å². The Morgan fingerprint density at radius 1 is 0.930 bits per heavy atom. The van der Waals surface area contributed by atoms with Crippen molar-refractivity contribution >= 4 is 33.0 Å². The number of rotatable bonds is 8. The molecule has 1 aromatic heterocycles. The number of hydrogen-bond acceptors (Lipinski definition) is 8. The molecular formula is C42H45F3N4O7S. The van der Waals surface area contributed by atoms with Gasteiger partial charge in [0.2, 0.25) is 5.91 Å². The molecule has 4 aliphatic rings. The summed E-state index contributed by atoms with van der Waals surface area (Å²) in [6.07, 6.45) is 8.45. The van der Waals surface area contributed by atoms with E-state index in [4.69, 9.17) is 9.72 Å². The summed E-state index contributed by atoms with van der Waals surface area (Å²) in [4.78, 5) is 49.0. The van der Waals surface area contributed by atoms with E-state index in [-0.39, 0.29) is 28.5 Å². The molecule has 8 rings (SSSR count). The van der Waals surface area contributed by atoms with Crippen LogP contribution in [0.2, 0.25) is 0 Å². The number of alkyl halides is 3. The van der Waals surface area contributed by atoms with Crippen LogP contribution in [0.1, 0.15) is 92.9 Å². The molecule has 0 bridgehead atoms. The van der Waals surface area contributed by atoms with E-state index in [0.717, 1.165) is 66.3 Å². The van der Waals surface area contributed by atoms with E-state index in [0.29, 0.717) is 60.9 Å². The second-order valence-corrected chi connectivity index (χ2v) is 17.9. The molecule has 1 aliphatic heterocycles. The monoisotopic (exact) mass is 806 g/mol. The van der Waals surface area contributed by atoms with Gasteiger partial charge in [-0.1, -0.05) is 51.0 Å². The van der Waals surface area contributed by atoms with Crippen LogP contribution in [-0.2, 0) is 45.3 Å². The van der Waals surface area contributed by atoms with E-state index in [2.05, 4.69) is 20.6 Å². The van der Waals surface area contributed by atoms with Gasteiger partial charge in [-0.3, -0.25) is 9.59 Å². The van der Waals surface area contributed by atoms with E-state index in [1.807, 2.05) is 38.1 Å². The number of alkyl carbamates (subject to hydrolysis) is 1. The predicted molar refractivity (Wildman–Crippen MR) is 207 cm³/mol. The number of aromatic nitrogens is 2. The van der Waals surface area contributed by atoms with Crippen LogP contribution in [0, 0.1) is 11.3 Å². The number of fused-ring (bicyclic) bond motifs is 3. The summed E-state index contributed by atoms with van der Waals surface area (Å²) in [5, 5.41) is 3.06. The lowest BCUT2D eigenvalue weighted by atomic mass is 9.82. The van der Waals surface area contributed by atoms with Crippen LogP contribution in [0.15, 0.2) is 47.3 Å². The van der Waals surface area contributed by atoms with Gasteiger partial charge in [0.25, 0.3) is 5.56 Å². The van der Waals surface area contributed by atoms with Crippen molar-refractivity contribution < 1.29 is 40.1 Å². The first-order valence-corrected chi connectivity index (χ1v) is 21.0. The van der Waals surface area contributed by atoms with Gasteiger partial charge in [0, 0.05) is 6.54 Å². The Morgan fingerprint density at radius 2 is 1.60 bits per heavy atom. The lowest BCUT2D eigenvalue weighted by molar-refractivity contribution is -0.135. The molecule has 3 aliphatic carbocycles. The summed E-state index contributed by atoms with van der Waals surface area (Å²) in [5.41, 5.74) is 2.13. The molecule has 2 amide bonds. The third kappa shape index (κ3) is 6.95. The van der Waals surface area contributed by atoms with Crippen molar-refractivity contribution in [2.24, 2.45) is 11.3 Å². The summed E-state index contributed by atoms with van der Waals surface area (Å²) in [7, 11) is -4.57. The number of nitrogens with one attached hydrogen (secondary N) is 2. The van der Waals surface area contributed by atoms with Crippen molar-refractivity contribution in [1.82, 2.24) is 20.2 Å². The van der Waals surface area contributed by atoms with Crippen LogP contribution in [-0.4, -0.2) is 60.5 Å². The number of nitrogens with zero attached hydrogens (tertiary/aromatic N) is 2. The second-order valence-electron chi connectivity index (χ2n) is 16.3. The maximum absolute atomic E-state index is 13.8. The molecule has 0 unspecified atom stereocenters. The zero-order chi connectivity index (χ0) is 40.4. The number of hydrogen-bond donors (Lipinski definition) is 2. The normalized spacial score (nSPS) is 19.3. The number of carbonyl (C=O) groups excluding carboxylic acids is 2. The molecule has 3 aromatic carbocycles. The molecule has 11 nitrogen and oxygen atoms in total. The summed E-state index contributed by atoms with van der Waals surface area (Å²) in [6, 6.07) is 11.5. The van der Waals surface area contributed by atoms with Gasteiger partial charge in [0.15, 0.2) is 0 Å². The zero-order valence-corrected chi connectivity index (χ0v) is 32.9. The summed E-state index contributed by atoms with van der Waals surface area (Å²) >= 11 is 0. The third-order valence-corrected chi connectivity index (χ3v) is 13.5. The minimum atomic E-state index is -5.81. The Balaban J connectivity index is 1.15. The molecule has 57 heavy (non-hydrogen) atoms. The highest BCUT2D eigenvalue weighted by Crippen LogP contribution is 2.54. The van der Waals surface area contributed by atoms with Crippen molar-refractivity contribution in [3.05, 3.63) is 80.9 Å². The molecule has 4 aromatic rings. The Kier molecular flexibility index (Phi) is 9.89. The largest absolute Gasteiger partial charge is 0.534 e. The molecule has 15 heteroatoms. The summed E-state index contributed by atoms with van der Waals surface area (Å²) in [6.45, 7) is 4.14. The summed E-state index contributed by atoms with van der Waals surface area (Å²) < 4.78 is 73.0. The van der Waals surface area contributed by atoms with Crippen molar-refractivity contribution in [1.29, 1.82) is 0 Å². The molecule has 302 valence electrons. The molecule has 1 saturated heterocycles. The highest BCUT2D eigenvalue weighted by atomic mass is 32.2. The fourth-order valence-electron chi connectivity index (χ4n) is 9.75. The topological polar surface area (TPSA) is 148 Å². The quantitative estimate of drug-likeness (QED) is 0.136. The molecule has 0 radical (unpaired) electrons. The zero-order valence-electron chi connectivity index (χ0n) is 32.1. The molecule has 2 N–H and O–H groups in total. The molecule has 1 spiro atoms. The number of ether oxygens (including phenoxy) is 1. The van der Waals surface area contributed by atoms with E-state index in [1.165, 1.54) is 24.3 Å². The maximum atomic E-state index is 13.8. The van der Waals surface area contributed by atoms with Gasteiger partial charge in [-0.15, -0.1) is 0 Å². The fourth-order valence-corrected chi connectivity index (χ4v) is 10.2. The number of methoxy groups -OCH3 is 1. The van der Waals surface area contributed by atoms with E-state index < -0.39 is 33.8 Å². The van der Waals surface area contributed by atoms with Gasteiger partial charge in [0.05, 0.1) is 24.1 Å². The van der Waals surface area contributed by atoms with Crippen molar-refractivity contribution in [3.8, 4) is 28.0 Å². The number of benzene rings is 3. The molecule has 2 atom stereocenters. The highest BCUT2D eigenvalue weighted by molar-refractivity contribution is 7.88. The Bertz CT molecular complexity index is 2460. The maximum Gasteiger partial charge on any atom is 0.534 e. The third-order valence-electron chi connectivity index (χ3n) is 12.5. The van der Waals surface area contributed by atoms with Crippen LogP contribution in [0.5, 0.6) is 5.75 Å². The van der Waals surface area contributed by atoms with Crippen LogP contribution in [0.4, 0.5) is 18.0 Å². The number of likely N-dealkylation sites (tertiary alicyclic amines) is 1. The van der Waals surface area contributed by atoms with E-state index in [1.54, 1.807) is 11.0 Å². The first-order chi connectivity index (χ1) is 27.1. The minimum absolute atomic E-state index is 0.0938. The predicted octanol–water partition coefficient (Wildman–Crippen LogP) is 7.68. The highest BCUT2D eigenvalue weighted by Gasteiger charge is 2.49. The number of halogens is 3. The average Bonchev–Trinajstić information content (AvgIpc) is 4.00. The standard InChI is InChI=1S/C42H45F3N4O7S/c1-23(2)36(47-40(52)55-3)39(51)49-19-7-10-34(49)37-46-33-15-11-24(20-30(33)38(50)48-37)25-12-13-28(32-22-41(21-31(25)32)17-4-5-18-41)27-14-16-35(29-9-6-8-26(27)29)56-57(53,54)42(43,44)45/h11-16,20,23,34,36H,4-10,17-19,21-22H2,1-3H3,(H,47,52)(H,46,48,50)/t34-,36+/m0/s1. The van der Waals surface area contributed by atoms with Gasteiger partial charge < -0.3 is 24.1 Å². The smallest absolute Gasteiger partial charge is 0.453 e. The van der Waals surface area contributed by atoms with Crippen molar-refractivity contribution in [2.45, 2.75) is 102 Å². The van der Waals surface area contributed by atoms with Gasteiger partial charge in [0.1, 0.15) is 17.6 Å². The Hall–Kier alpha value is -4.92. The number of aromatic amines is 1. The number of H-pyrrole nitrogens is 1. The van der Waals surface area contributed by atoms with Crippen molar-refractivity contribution in [2.75, 3.05) is 13.7 Å². The van der Waals surface area contributed by atoms with Crippen LogP contribution < -0.4 is 15.1 Å². The van der Waals surface area contributed by atoms with Crippen molar-refractivity contribution in [3.63, 3.8) is 0 Å². The second kappa shape index (κ2) is 14.5. The van der Waals surface area contributed by atoms with E-state index >= 15 is 0 Å². The Morgan fingerprint density at radius 3 is 2.30 bits per heavy atom. The van der Waals surface area contributed by atoms with Crippen LogP contribution in [0.3, 0.4) is 0 Å².